The summed E-state index contributed by atoms with van der Waals surface area (Å²) >= 11 is 0. The Morgan fingerprint density at radius 1 is 1.28 bits per heavy atom. The van der Waals surface area contributed by atoms with Crippen molar-refractivity contribution in [1.29, 1.82) is 0 Å². The summed E-state index contributed by atoms with van der Waals surface area (Å²) in [6, 6.07) is 0.559. The minimum Gasteiger partial charge on any atom is -0.380 e. The van der Waals surface area contributed by atoms with Gasteiger partial charge in [0.25, 0.3) is 0 Å². The van der Waals surface area contributed by atoms with E-state index >= 15 is 0 Å². The lowest BCUT2D eigenvalue weighted by Crippen LogP contribution is -2.47. The SMILES string of the molecule is O=C(NCC1CC1)[C@@H]1CCCN([C@@H]2CCOC2)C1. The van der Waals surface area contributed by atoms with Gasteiger partial charge in [-0.25, -0.2) is 0 Å². The highest BCUT2D eigenvalue weighted by atomic mass is 16.5. The van der Waals surface area contributed by atoms with Gasteiger partial charge in [-0.15, -0.1) is 0 Å². The van der Waals surface area contributed by atoms with Crippen molar-refractivity contribution in [1.82, 2.24) is 10.2 Å². The molecule has 1 aliphatic carbocycles. The average Bonchev–Trinajstić information content (AvgIpc) is 3.08. The van der Waals surface area contributed by atoms with Gasteiger partial charge in [0, 0.05) is 25.7 Å². The lowest BCUT2D eigenvalue weighted by atomic mass is 9.95. The van der Waals surface area contributed by atoms with Gasteiger partial charge in [0.15, 0.2) is 0 Å². The van der Waals surface area contributed by atoms with Crippen LogP contribution in [0.25, 0.3) is 0 Å². The zero-order chi connectivity index (χ0) is 12.4. The minimum atomic E-state index is 0.207. The van der Waals surface area contributed by atoms with Gasteiger partial charge >= 0.3 is 0 Å². The maximum absolute atomic E-state index is 12.1. The molecule has 3 fully saturated rings. The molecule has 1 saturated carbocycles. The molecule has 4 nitrogen and oxygen atoms in total. The Labute approximate surface area is 109 Å². The van der Waals surface area contributed by atoms with E-state index < -0.39 is 0 Å². The quantitative estimate of drug-likeness (QED) is 0.812. The third-order valence-electron chi connectivity index (χ3n) is 4.51. The average molecular weight is 252 g/mol. The molecule has 1 N–H and O–H groups in total. The Kier molecular flexibility index (Phi) is 3.85. The molecule has 4 heteroatoms. The number of carbonyl (C=O) groups is 1. The van der Waals surface area contributed by atoms with Crippen LogP contribution in [-0.4, -0.2) is 49.7 Å². The zero-order valence-electron chi connectivity index (χ0n) is 11.1. The summed E-state index contributed by atoms with van der Waals surface area (Å²) in [5, 5.41) is 3.13. The largest absolute Gasteiger partial charge is 0.380 e. The molecule has 0 spiro atoms. The van der Waals surface area contributed by atoms with Crippen LogP contribution in [0.3, 0.4) is 0 Å². The topological polar surface area (TPSA) is 41.6 Å². The van der Waals surface area contributed by atoms with Crippen molar-refractivity contribution in [3.05, 3.63) is 0 Å². The van der Waals surface area contributed by atoms with E-state index in [1.807, 2.05) is 0 Å². The lowest BCUT2D eigenvalue weighted by molar-refractivity contribution is -0.127. The van der Waals surface area contributed by atoms with Gasteiger partial charge in [-0.2, -0.15) is 0 Å². The van der Waals surface area contributed by atoms with Crippen molar-refractivity contribution >= 4 is 5.91 Å². The molecule has 0 bridgehead atoms. The molecule has 102 valence electrons. The van der Waals surface area contributed by atoms with Gasteiger partial charge in [-0.3, -0.25) is 9.69 Å². The number of ether oxygens (including phenoxy) is 1. The molecular formula is C14H24N2O2. The van der Waals surface area contributed by atoms with Crippen LogP contribution in [0.1, 0.15) is 32.1 Å². The van der Waals surface area contributed by atoms with Crippen LogP contribution < -0.4 is 5.32 Å². The van der Waals surface area contributed by atoms with Crippen molar-refractivity contribution < 1.29 is 9.53 Å². The van der Waals surface area contributed by atoms with Crippen molar-refractivity contribution in [3.63, 3.8) is 0 Å². The first kappa shape index (κ1) is 12.4. The summed E-state index contributed by atoms with van der Waals surface area (Å²) in [5.41, 5.74) is 0. The molecule has 0 aromatic rings. The van der Waals surface area contributed by atoms with Crippen LogP contribution in [0, 0.1) is 11.8 Å². The molecule has 0 unspecified atom stereocenters. The highest BCUT2D eigenvalue weighted by Crippen LogP contribution is 2.28. The number of likely N-dealkylation sites (tertiary alicyclic amines) is 1. The molecule has 2 atom stereocenters. The summed E-state index contributed by atoms with van der Waals surface area (Å²) in [6.45, 7) is 4.73. The number of piperidine rings is 1. The first-order valence-electron chi connectivity index (χ1n) is 7.42. The predicted molar refractivity (Wildman–Crippen MR) is 69.3 cm³/mol. The Morgan fingerprint density at radius 2 is 2.17 bits per heavy atom. The highest BCUT2D eigenvalue weighted by Gasteiger charge is 2.32. The molecule has 0 radical (unpaired) electrons. The van der Waals surface area contributed by atoms with Gasteiger partial charge in [0.1, 0.15) is 0 Å². The third-order valence-corrected chi connectivity index (χ3v) is 4.51. The van der Waals surface area contributed by atoms with Gasteiger partial charge in [-0.05, 0) is 44.6 Å². The van der Waals surface area contributed by atoms with Crippen LogP contribution in [0.2, 0.25) is 0 Å². The maximum Gasteiger partial charge on any atom is 0.224 e. The van der Waals surface area contributed by atoms with E-state index in [-0.39, 0.29) is 11.8 Å². The number of nitrogens with zero attached hydrogens (tertiary/aromatic N) is 1. The standard InChI is InChI=1S/C14H24N2O2/c17-14(15-8-11-3-4-11)12-2-1-6-16(9-12)13-5-7-18-10-13/h11-13H,1-10H2,(H,15,17)/t12-,13-/m1/s1. The monoisotopic (exact) mass is 252 g/mol. The molecule has 0 aromatic heterocycles. The molecule has 2 heterocycles. The van der Waals surface area contributed by atoms with Gasteiger partial charge in [0.05, 0.1) is 12.5 Å². The minimum absolute atomic E-state index is 0.207. The predicted octanol–water partition coefficient (Wildman–Crippen LogP) is 1.01. The van der Waals surface area contributed by atoms with E-state index in [9.17, 15) is 4.79 Å². The summed E-state index contributed by atoms with van der Waals surface area (Å²) in [7, 11) is 0. The first-order valence-corrected chi connectivity index (χ1v) is 7.42. The van der Waals surface area contributed by atoms with Crippen LogP contribution >= 0.6 is 0 Å². The fourth-order valence-electron chi connectivity index (χ4n) is 3.07. The first-order chi connectivity index (χ1) is 8.83. The number of hydrogen-bond acceptors (Lipinski definition) is 3. The third kappa shape index (κ3) is 3.04. The molecule has 0 aromatic carbocycles. The number of amides is 1. The van der Waals surface area contributed by atoms with Crippen LogP contribution in [0.5, 0.6) is 0 Å². The van der Waals surface area contributed by atoms with Crippen molar-refractivity contribution in [2.75, 3.05) is 32.8 Å². The molecule has 18 heavy (non-hydrogen) atoms. The van der Waals surface area contributed by atoms with E-state index in [1.54, 1.807) is 0 Å². The second-order valence-electron chi connectivity index (χ2n) is 6.04. The van der Waals surface area contributed by atoms with E-state index in [0.29, 0.717) is 6.04 Å². The van der Waals surface area contributed by atoms with Crippen LogP contribution in [0.15, 0.2) is 0 Å². The Bertz CT molecular complexity index is 298. The molecule has 3 aliphatic rings. The Hall–Kier alpha value is -0.610. The number of nitrogens with one attached hydrogen (secondary N) is 1. The van der Waals surface area contributed by atoms with Crippen LogP contribution in [-0.2, 0) is 9.53 Å². The Balaban J connectivity index is 1.47. The number of carbonyl (C=O) groups excluding carboxylic acids is 1. The van der Waals surface area contributed by atoms with Crippen molar-refractivity contribution in [3.8, 4) is 0 Å². The van der Waals surface area contributed by atoms with Gasteiger partial charge < -0.3 is 10.1 Å². The molecule has 1 amide bonds. The highest BCUT2D eigenvalue weighted by molar-refractivity contribution is 5.79. The Morgan fingerprint density at radius 3 is 2.89 bits per heavy atom. The zero-order valence-corrected chi connectivity index (χ0v) is 11.1. The molecule has 2 saturated heterocycles. The smallest absolute Gasteiger partial charge is 0.224 e. The van der Waals surface area contributed by atoms with E-state index in [2.05, 4.69) is 10.2 Å². The molecule has 3 rings (SSSR count). The maximum atomic E-state index is 12.1. The van der Waals surface area contributed by atoms with Gasteiger partial charge in [0.2, 0.25) is 5.91 Å². The molecular weight excluding hydrogens is 228 g/mol. The lowest BCUT2D eigenvalue weighted by Gasteiger charge is -2.35. The van der Waals surface area contributed by atoms with Crippen molar-refractivity contribution in [2.45, 2.75) is 38.1 Å². The normalized spacial score (nSPS) is 33.6. The van der Waals surface area contributed by atoms with E-state index in [4.69, 9.17) is 4.74 Å². The number of rotatable bonds is 4. The van der Waals surface area contributed by atoms with E-state index in [0.717, 1.165) is 58.0 Å². The summed E-state index contributed by atoms with van der Waals surface area (Å²) in [4.78, 5) is 14.6. The summed E-state index contributed by atoms with van der Waals surface area (Å²) < 4.78 is 5.45. The fraction of sp³-hybridized carbons (Fsp3) is 0.929. The number of hydrogen-bond donors (Lipinski definition) is 1. The van der Waals surface area contributed by atoms with Crippen molar-refractivity contribution in [2.24, 2.45) is 11.8 Å². The molecule has 2 aliphatic heterocycles. The van der Waals surface area contributed by atoms with Crippen LogP contribution in [0.4, 0.5) is 0 Å². The summed E-state index contributed by atoms with van der Waals surface area (Å²) in [5.74, 6) is 1.26. The van der Waals surface area contributed by atoms with E-state index in [1.165, 1.54) is 12.8 Å². The fourth-order valence-corrected chi connectivity index (χ4v) is 3.07. The second kappa shape index (κ2) is 5.57. The van der Waals surface area contributed by atoms with Gasteiger partial charge in [-0.1, -0.05) is 0 Å². The second-order valence-corrected chi connectivity index (χ2v) is 6.04. The summed E-state index contributed by atoms with van der Waals surface area (Å²) in [6.07, 6.45) is 5.95.